The number of carbonyl (C=O) groups is 1. The number of rotatable bonds is 6. The minimum Gasteiger partial charge on any atom is -0.411 e. The van der Waals surface area contributed by atoms with E-state index in [1.54, 1.807) is 6.66 Å². The van der Waals surface area contributed by atoms with Crippen molar-refractivity contribution in [3.8, 4) is 0 Å². The van der Waals surface area contributed by atoms with Gasteiger partial charge in [-0.3, -0.25) is 9.36 Å². The van der Waals surface area contributed by atoms with E-state index in [1.165, 1.54) is 7.11 Å². The lowest BCUT2D eigenvalue weighted by molar-refractivity contribution is -0.141. The number of hydrogen-bond donors (Lipinski definition) is 0. The maximum atomic E-state index is 12.8. The summed E-state index contributed by atoms with van der Waals surface area (Å²) in [6, 6.07) is 0. The van der Waals surface area contributed by atoms with Gasteiger partial charge in [0.2, 0.25) is 7.37 Å². The highest BCUT2D eigenvalue weighted by molar-refractivity contribution is 7.59. The third-order valence-electron chi connectivity index (χ3n) is 6.86. The lowest BCUT2D eigenvalue weighted by Crippen LogP contribution is -2.57. The zero-order chi connectivity index (χ0) is 18.4. The summed E-state index contributed by atoms with van der Waals surface area (Å²) in [5, 5.41) is 0.205. The Morgan fingerprint density at radius 3 is 1.92 bits per heavy atom. The Morgan fingerprint density at radius 2 is 1.54 bits per heavy atom. The van der Waals surface area contributed by atoms with Gasteiger partial charge in [0.1, 0.15) is 5.78 Å². The molecule has 3 aliphatic rings. The lowest BCUT2D eigenvalue weighted by Gasteiger charge is -2.56. The second-order valence-corrected chi connectivity index (χ2v) is 17.0. The van der Waals surface area contributed by atoms with E-state index in [0.717, 1.165) is 38.5 Å². The van der Waals surface area contributed by atoms with E-state index >= 15 is 0 Å². The SMILES string of the molecule is COP(C)(=O)CC(=O)C12CCC(O[Si](C)(C)C(C)(C)C)(CC1)CC2. The molecule has 3 fully saturated rings. The van der Waals surface area contributed by atoms with Gasteiger partial charge in [-0.15, -0.1) is 0 Å². The van der Waals surface area contributed by atoms with Gasteiger partial charge >= 0.3 is 0 Å². The van der Waals surface area contributed by atoms with Crippen LogP contribution in [0.15, 0.2) is 0 Å². The predicted molar refractivity (Wildman–Crippen MR) is 102 cm³/mol. The van der Waals surface area contributed by atoms with Crippen LogP contribution in [-0.2, 0) is 18.3 Å². The molecule has 0 saturated heterocycles. The normalized spacial score (nSPS) is 33.3. The quantitative estimate of drug-likeness (QED) is 0.472. The molecular formula is C18H35O4PSi. The first kappa shape index (κ1) is 20.4. The molecule has 0 spiro atoms. The van der Waals surface area contributed by atoms with Crippen molar-refractivity contribution in [2.75, 3.05) is 19.9 Å². The molecule has 4 nitrogen and oxygen atoms in total. The zero-order valence-electron chi connectivity index (χ0n) is 16.5. The molecule has 140 valence electrons. The molecule has 3 saturated carbocycles. The van der Waals surface area contributed by atoms with E-state index in [9.17, 15) is 9.36 Å². The largest absolute Gasteiger partial charge is 0.411 e. The predicted octanol–water partition coefficient (Wildman–Crippen LogP) is 5.22. The topological polar surface area (TPSA) is 52.6 Å². The number of fused-ring (bicyclic) bond motifs is 3. The second-order valence-electron chi connectivity index (χ2n) is 9.60. The molecule has 1 unspecified atom stereocenters. The van der Waals surface area contributed by atoms with Crippen LogP contribution >= 0.6 is 7.37 Å². The first-order chi connectivity index (χ1) is 10.8. The van der Waals surface area contributed by atoms with Crippen molar-refractivity contribution < 1.29 is 18.3 Å². The van der Waals surface area contributed by atoms with E-state index in [4.69, 9.17) is 8.95 Å². The van der Waals surface area contributed by atoms with Crippen LogP contribution < -0.4 is 0 Å². The highest BCUT2D eigenvalue weighted by Gasteiger charge is 2.55. The van der Waals surface area contributed by atoms with Gasteiger partial charge in [0.15, 0.2) is 8.32 Å². The van der Waals surface area contributed by atoms with Crippen LogP contribution in [0, 0.1) is 5.41 Å². The Hall–Kier alpha value is 0.0369. The number of ketones is 1. The maximum Gasteiger partial charge on any atom is 0.207 e. The van der Waals surface area contributed by atoms with E-state index in [1.807, 2.05) is 0 Å². The molecule has 0 N–H and O–H groups in total. The molecule has 3 rings (SSSR count). The summed E-state index contributed by atoms with van der Waals surface area (Å²) in [6.45, 7) is 13.0. The Labute approximate surface area is 148 Å². The van der Waals surface area contributed by atoms with Gasteiger partial charge in [0.25, 0.3) is 0 Å². The van der Waals surface area contributed by atoms with E-state index in [-0.39, 0.29) is 28.0 Å². The van der Waals surface area contributed by atoms with Crippen molar-refractivity contribution in [2.45, 2.75) is 83.0 Å². The Morgan fingerprint density at radius 1 is 1.08 bits per heavy atom. The van der Waals surface area contributed by atoms with Crippen LogP contribution in [0.3, 0.4) is 0 Å². The smallest absolute Gasteiger partial charge is 0.207 e. The molecule has 2 bridgehead atoms. The number of hydrogen-bond acceptors (Lipinski definition) is 4. The minimum atomic E-state index is -2.78. The minimum absolute atomic E-state index is 0.0256. The zero-order valence-corrected chi connectivity index (χ0v) is 18.4. The molecule has 0 amide bonds. The molecule has 0 radical (unpaired) electrons. The highest BCUT2D eigenvalue weighted by atomic mass is 31.2. The fourth-order valence-electron chi connectivity index (χ4n) is 3.91. The number of carbonyl (C=O) groups excluding carboxylic acids is 1. The monoisotopic (exact) mass is 374 g/mol. The van der Waals surface area contributed by atoms with Crippen molar-refractivity contribution in [2.24, 2.45) is 5.41 Å². The third-order valence-corrected chi connectivity index (χ3v) is 13.1. The Kier molecular flexibility index (Phi) is 5.37. The van der Waals surface area contributed by atoms with Gasteiger partial charge in [0, 0.05) is 19.2 Å². The van der Waals surface area contributed by atoms with Crippen molar-refractivity contribution in [3.63, 3.8) is 0 Å². The molecule has 6 heteroatoms. The molecule has 0 aromatic heterocycles. The molecule has 0 aromatic carbocycles. The molecule has 1 atom stereocenters. The molecule has 0 aliphatic heterocycles. The van der Waals surface area contributed by atoms with Gasteiger partial charge in [-0.05, 0) is 56.7 Å². The summed E-state index contributed by atoms with van der Waals surface area (Å²) in [7, 11) is -3.15. The van der Waals surface area contributed by atoms with Crippen LogP contribution in [0.4, 0.5) is 0 Å². The summed E-state index contributed by atoms with van der Waals surface area (Å²) in [5.74, 6) is 0.149. The fourth-order valence-corrected chi connectivity index (χ4v) is 6.59. The van der Waals surface area contributed by atoms with E-state index in [0.29, 0.717) is 0 Å². The van der Waals surface area contributed by atoms with Crippen LogP contribution in [0.1, 0.15) is 59.3 Å². The Balaban J connectivity index is 2.07. The van der Waals surface area contributed by atoms with Crippen molar-refractivity contribution >= 4 is 21.5 Å². The third kappa shape index (κ3) is 3.90. The van der Waals surface area contributed by atoms with Gasteiger partial charge in [-0.1, -0.05) is 20.8 Å². The van der Waals surface area contributed by atoms with Crippen LogP contribution in [0.2, 0.25) is 18.1 Å². The first-order valence-electron chi connectivity index (χ1n) is 9.12. The van der Waals surface area contributed by atoms with Gasteiger partial charge < -0.3 is 8.95 Å². The summed E-state index contributed by atoms with van der Waals surface area (Å²) < 4.78 is 24.1. The van der Waals surface area contributed by atoms with Gasteiger partial charge in [0.05, 0.1) is 11.8 Å². The average Bonchev–Trinajstić information content (AvgIpc) is 2.46. The molecule has 0 aromatic rings. The van der Waals surface area contributed by atoms with Crippen LogP contribution in [0.25, 0.3) is 0 Å². The summed E-state index contributed by atoms with van der Waals surface area (Å²) >= 11 is 0. The standard InChI is InChI=1S/C18H35O4PSi/c1-16(2,3)24(6,7)22-18-11-8-17(9-12-18,10-13-18)15(19)14-23(5,20)21-4/h8-14H2,1-7H3. The Bertz CT molecular complexity index is 525. The van der Waals surface area contributed by atoms with Gasteiger partial charge in [-0.2, -0.15) is 0 Å². The van der Waals surface area contributed by atoms with Crippen LogP contribution in [-0.4, -0.2) is 39.6 Å². The average molecular weight is 375 g/mol. The first-order valence-corrected chi connectivity index (χ1v) is 14.3. The van der Waals surface area contributed by atoms with E-state index < -0.39 is 15.7 Å². The maximum absolute atomic E-state index is 12.8. The lowest BCUT2D eigenvalue weighted by atomic mass is 9.57. The number of Topliss-reactive ketones (excluding diaryl/α,β-unsaturated/α-hetero) is 1. The van der Waals surface area contributed by atoms with Crippen molar-refractivity contribution in [1.82, 2.24) is 0 Å². The van der Waals surface area contributed by atoms with Crippen LogP contribution in [0.5, 0.6) is 0 Å². The molecule has 3 aliphatic carbocycles. The van der Waals surface area contributed by atoms with Crippen molar-refractivity contribution in [3.05, 3.63) is 0 Å². The summed E-state index contributed by atoms with van der Waals surface area (Å²) in [5.41, 5.74) is -0.301. The molecular weight excluding hydrogens is 339 g/mol. The molecule has 24 heavy (non-hydrogen) atoms. The second kappa shape index (κ2) is 6.33. The fraction of sp³-hybridized carbons (Fsp3) is 0.944. The molecule has 0 heterocycles. The summed E-state index contributed by atoms with van der Waals surface area (Å²) in [4.78, 5) is 12.8. The van der Waals surface area contributed by atoms with Crippen molar-refractivity contribution in [1.29, 1.82) is 0 Å². The van der Waals surface area contributed by atoms with Gasteiger partial charge in [-0.25, -0.2) is 0 Å². The highest BCUT2D eigenvalue weighted by Crippen LogP contribution is 2.58. The summed E-state index contributed by atoms with van der Waals surface area (Å²) in [6.07, 6.45) is 5.61. The van der Waals surface area contributed by atoms with E-state index in [2.05, 4.69) is 33.9 Å².